The summed E-state index contributed by atoms with van der Waals surface area (Å²) in [5.74, 6) is 1.42. The number of nitrogens with zero attached hydrogens (tertiary/aromatic N) is 2. The van der Waals surface area contributed by atoms with E-state index in [1.54, 1.807) is 0 Å². The lowest BCUT2D eigenvalue weighted by atomic mass is 9.69. The lowest BCUT2D eigenvalue weighted by molar-refractivity contribution is 0.156. The van der Waals surface area contributed by atoms with Crippen LogP contribution in [0.2, 0.25) is 0 Å². The smallest absolute Gasteiger partial charge is 0.226 e. The molecule has 0 spiro atoms. The van der Waals surface area contributed by atoms with Crippen LogP contribution in [0.25, 0.3) is 0 Å². The van der Waals surface area contributed by atoms with Crippen LogP contribution in [0.3, 0.4) is 0 Å². The maximum absolute atomic E-state index is 6.43. The van der Waals surface area contributed by atoms with E-state index < -0.39 is 0 Å². The van der Waals surface area contributed by atoms with Crippen LogP contribution in [0, 0.1) is 5.41 Å². The van der Waals surface area contributed by atoms with E-state index in [9.17, 15) is 0 Å². The standard InChI is InChI=1S/C13H23N3O/c1-4-5-10-15-11(16-17-10)13(14)8-6-12(2,3)7-9-13/h4-9,14H2,1-3H3. The van der Waals surface area contributed by atoms with E-state index in [-0.39, 0.29) is 5.54 Å². The van der Waals surface area contributed by atoms with Gasteiger partial charge in [0, 0.05) is 6.42 Å². The van der Waals surface area contributed by atoms with Crippen molar-refractivity contribution in [3.05, 3.63) is 11.7 Å². The quantitative estimate of drug-likeness (QED) is 0.878. The molecule has 0 amide bonds. The molecule has 1 aliphatic carbocycles. The zero-order valence-corrected chi connectivity index (χ0v) is 11.1. The van der Waals surface area contributed by atoms with Crippen molar-refractivity contribution in [1.82, 2.24) is 10.1 Å². The molecule has 0 radical (unpaired) electrons. The third-order valence-electron chi connectivity index (χ3n) is 3.87. The number of aryl methyl sites for hydroxylation is 1. The second-order valence-electron chi connectivity index (χ2n) is 6.08. The maximum Gasteiger partial charge on any atom is 0.226 e. The number of hydrogen-bond acceptors (Lipinski definition) is 4. The number of aromatic nitrogens is 2. The van der Waals surface area contributed by atoms with Gasteiger partial charge >= 0.3 is 0 Å². The number of hydrogen-bond donors (Lipinski definition) is 1. The number of rotatable bonds is 3. The molecule has 4 nitrogen and oxygen atoms in total. The molecule has 4 heteroatoms. The highest BCUT2D eigenvalue weighted by Gasteiger charge is 2.39. The molecule has 2 N–H and O–H groups in total. The van der Waals surface area contributed by atoms with Crippen molar-refractivity contribution in [1.29, 1.82) is 0 Å². The van der Waals surface area contributed by atoms with Crippen LogP contribution in [0.5, 0.6) is 0 Å². The van der Waals surface area contributed by atoms with E-state index in [4.69, 9.17) is 10.3 Å². The first-order chi connectivity index (χ1) is 7.95. The Morgan fingerprint density at radius 3 is 2.47 bits per heavy atom. The van der Waals surface area contributed by atoms with Gasteiger partial charge in [0.1, 0.15) is 0 Å². The van der Waals surface area contributed by atoms with Gasteiger partial charge in [-0.25, -0.2) is 0 Å². The summed E-state index contributed by atoms with van der Waals surface area (Å²) in [6.45, 7) is 6.70. The van der Waals surface area contributed by atoms with Crippen LogP contribution in [0.4, 0.5) is 0 Å². The largest absolute Gasteiger partial charge is 0.339 e. The minimum absolute atomic E-state index is 0.370. The highest BCUT2D eigenvalue weighted by molar-refractivity contribution is 5.07. The zero-order valence-electron chi connectivity index (χ0n) is 11.1. The highest BCUT2D eigenvalue weighted by atomic mass is 16.5. The van der Waals surface area contributed by atoms with Gasteiger partial charge in [-0.15, -0.1) is 0 Å². The third-order valence-corrected chi connectivity index (χ3v) is 3.87. The molecule has 0 unspecified atom stereocenters. The van der Waals surface area contributed by atoms with Gasteiger partial charge in [-0.2, -0.15) is 4.98 Å². The molecule has 1 aliphatic rings. The Morgan fingerprint density at radius 1 is 1.24 bits per heavy atom. The second-order valence-corrected chi connectivity index (χ2v) is 6.08. The van der Waals surface area contributed by atoms with Gasteiger partial charge in [-0.1, -0.05) is 25.9 Å². The molecule has 1 aromatic heterocycles. The zero-order chi connectivity index (χ0) is 12.5. The summed E-state index contributed by atoms with van der Waals surface area (Å²) in [5.41, 5.74) is 6.46. The fraction of sp³-hybridized carbons (Fsp3) is 0.846. The topological polar surface area (TPSA) is 64.9 Å². The highest BCUT2D eigenvalue weighted by Crippen LogP contribution is 2.42. The molecule has 1 heterocycles. The van der Waals surface area contributed by atoms with E-state index in [1.807, 2.05) is 0 Å². The van der Waals surface area contributed by atoms with Crippen LogP contribution in [0.15, 0.2) is 4.52 Å². The van der Waals surface area contributed by atoms with Crippen molar-refractivity contribution in [2.75, 3.05) is 0 Å². The fourth-order valence-electron chi connectivity index (χ4n) is 2.37. The molecule has 0 saturated heterocycles. The summed E-state index contributed by atoms with van der Waals surface area (Å²) in [6.07, 6.45) is 6.01. The molecule has 1 saturated carbocycles. The molecule has 0 aromatic carbocycles. The van der Waals surface area contributed by atoms with Gasteiger partial charge in [0.25, 0.3) is 0 Å². The maximum atomic E-state index is 6.43. The average Bonchev–Trinajstić information content (AvgIpc) is 2.73. The predicted octanol–water partition coefficient (Wildman–Crippen LogP) is 2.78. The van der Waals surface area contributed by atoms with Crippen molar-refractivity contribution >= 4 is 0 Å². The Hall–Kier alpha value is -0.900. The molecular formula is C13H23N3O. The van der Waals surface area contributed by atoms with Crippen LogP contribution in [0.1, 0.15) is 64.6 Å². The van der Waals surface area contributed by atoms with Gasteiger partial charge in [-0.3, -0.25) is 0 Å². The van der Waals surface area contributed by atoms with Crippen LogP contribution in [-0.2, 0) is 12.0 Å². The summed E-state index contributed by atoms with van der Waals surface area (Å²) in [7, 11) is 0. The molecule has 1 fully saturated rings. The van der Waals surface area contributed by atoms with Gasteiger partial charge in [-0.05, 0) is 37.5 Å². The van der Waals surface area contributed by atoms with Crippen molar-refractivity contribution in [3.63, 3.8) is 0 Å². The summed E-state index contributed by atoms with van der Waals surface area (Å²) >= 11 is 0. The third kappa shape index (κ3) is 2.68. The van der Waals surface area contributed by atoms with Gasteiger partial charge < -0.3 is 10.3 Å². The van der Waals surface area contributed by atoms with E-state index in [0.717, 1.165) is 44.4 Å². The van der Waals surface area contributed by atoms with Crippen LogP contribution in [-0.4, -0.2) is 10.1 Å². The Labute approximate surface area is 103 Å². The summed E-state index contributed by atoms with van der Waals surface area (Å²) < 4.78 is 5.23. The molecular weight excluding hydrogens is 214 g/mol. The van der Waals surface area contributed by atoms with E-state index in [0.29, 0.717) is 11.2 Å². The molecule has 0 atom stereocenters. The first-order valence-electron chi connectivity index (χ1n) is 6.57. The Morgan fingerprint density at radius 2 is 1.88 bits per heavy atom. The Balaban J connectivity index is 2.10. The first-order valence-corrected chi connectivity index (χ1v) is 6.57. The Bertz CT molecular complexity index is 374. The fourth-order valence-corrected chi connectivity index (χ4v) is 2.37. The van der Waals surface area contributed by atoms with Crippen LogP contribution >= 0.6 is 0 Å². The van der Waals surface area contributed by atoms with E-state index >= 15 is 0 Å². The summed E-state index contributed by atoms with van der Waals surface area (Å²) in [6, 6.07) is 0. The molecule has 2 rings (SSSR count). The lowest BCUT2D eigenvalue weighted by Gasteiger charge is -2.39. The second kappa shape index (κ2) is 4.41. The minimum atomic E-state index is -0.370. The molecule has 96 valence electrons. The van der Waals surface area contributed by atoms with E-state index in [2.05, 4.69) is 30.9 Å². The number of nitrogens with two attached hydrogens (primary N) is 1. The minimum Gasteiger partial charge on any atom is -0.339 e. The first kappa shape index (κ1) is 12.6. The normalized spacial score (nSPS) is 22.6. The Kier molecular flexibility index (Phi) is 3.25. The van der Waals surface area contributed by atoms with E-state index in [1.165, 1.54) is 0 Å². The summed E-state index contributed by atoms with van der Waals surface area (Å²) in [4.78, 5) is 4.44. The van der Waals surface area contributed by atoms with Crippen molar-refractivity contribution in [2.24, 2.45) is 11.1 Å². The van der Waals surface area contributed by atoms with Gasteiger partial charge in [0.15, 0.2) is 5.82 Å². The molecule has 0 aliphatic heterocycles. The average molecular weight is 237 g/mol. The van der Waals surface area contributed by atoms with Gasteiger partial charge in [0.2, 0.25) is 5.89 Å². The SMILES string of the molecule is CCCc1nc(C2(N)CCC(C)(C)CC2)no1. The lowest BCUT2D eigenvalue weighted by Crippen LogP contribution is -2.43. The van der Waals surface area contributed by atoms with Crippen molar-refractivity contribution in [3.8, 4) is 0 Å². The van der Waals surface area contributed by atoms with Gasteiger partial charge in [0.05, 0.1) is 5.54 Å². The molecule has 17 heavy (non-hydrogen) atoms. The summed E-state index contributed by atoms with van der Waals surface area (Å²) in [5, 5.41) is 4.07. The van der Waals surface area contributed by atoms with Crippen LogP contribution < -0.4 is 5.73 Å². The van der Waals surface area contributed by atoms with Crippen molar-refractivity contribution in [2.45, 2.75) is 64.8 Å². The molecule has 1 aromatic rings. The predicted molar refractivity (Wildman–Crippen MR) is 66.4 cm³/mol. The monoisotopic (exact) mass is 237 g/mol. The van der Waals surface area contributed by atoms with Crippen molar-refractivity contribution < 1.29 is 4.52 Å². The molecule has 0 bridgehead atoms.